The molecule has 0 spiro atoms. The minimum Gasteiger partial charge on any atom is -0.481 e. The molecule has 2 atom stereocenters. The zero-order valence-corrected chi connectivity index (χ0v) is 21.9. The van der Waals surface area contributed by atoms with Crippen LogP contribution in [0.4, 0.5) is 0 Å². The highest BCUT2D eigenvalue weighted by Gasteiger charge is 2.58. The van der Waals surface area contributed by atoms with Crippen LogP contribution in [0.1, 0.15) is 123 Å². The van der Waals surface area contributed by atoms with Gasteiger partial charge in [-0.3, -0.25) is 9.35 Å². The molecule has 10 heteroatoms. The number of nitrogens with zero attached hydrogens (tertiary/aromatic N) is 1. The van der Waals surface area contributed by atoms with Crippen LogP contribution in [0, 0.1) is 0 Å². The number of carbonyl (C=O) groups is 2. The number of carboxylic acid groups (broad SMARTS) is 2. The average molecular weight is 510 g/mol. The van der Waals surface area contributed by atoms with E-state index in [9.17, 15) is 32.8 Å². The highest BCUT2D eigenvalue weighted by Crippen LogP contribution is 2.29. The summed E-state index contributed by atoms with van der Waals surface area (Å²) in [4.78, 5) is 20.4. The molecule has 0 aliphatic rings. The Morgan fingerprint density at radius 2 is 1.12 bits per heavy atom. The summed E-state index contributed by atoms with van der Waals surface area (Å²) < 4.78 is 33.4. The minimum absolute atomic E-state index is 0.171. The van der Waals surface area contributed by atoms with E-state index in [0.717, 1.165) is 26.2 Å². The van der Waals surface area contributed by atoms with Gasteiger partial charge >= 0.3 is 11.9 Å². The molecule has 0 saturated carbocycles. The molecule has 0 bridgehead atoms. The van der Waals surface area contributed by atoms with Crippen molar-refractivity contribution in [1.29, 1.82) is 0 Å². The van der Waals surface area contributed by atoms with Crippen LogP contribution in [0.25, 0.3) is 0 Å². The van der Waals surface area contributed by atoms with Gasteiger partial charge < -0.3 is 15.3 Å². The first-order chi connectivity index (χ1) is 16.0. The van der Waals surface area contributed by atoms with E-state index in [0.29, 0.717) is 17.7 Å². The van der Waals surface area contributed by atoms with Gasteiger partial charge in [0.1, 0.15) is 6.23 Å². The van der Waals surface area contributed by atoms with Gasteiger partial charge in [0.15, 0.2) is 0 Å². The first-order valence-electron chi connectivity index (χ1n) is 12.9. The minimum atomic E-state index is -5.35. The third-order valence-corrected chi connectivity index (χ3v) is 7.73. The van der Waals surface area contributed by atoms with Gasteiger partial charge in [-0.1, -0.05) is 103 Å². The Morgan fingerprint density at radius 1 is 0.765 bits per heavy atom. The van der Waals surface area contributed by atoms with Gasteiger partial charge in [-0.25, -0.2) is 9.69 Å². The lowest BCUT2D eigenvalue weighted by molar-refractivity contribution is -0.158. The molecule has 0 amide bonds. The lowest BCUT2D eigenvalue weighted by atomic mass is 10.0. The van der Waals surface area contributed by atoms with E-state index in [1.165, 1.54) is 70.6 Å². The molecule has 0 aromatic carbocycles. The van der Waals surface area contributed by atoms with E-state index in [-0.39, 0.29) is 6.54 Å². The van der Waals surface area contributed by atoms with Gasteiger partial charge in [-0.05, 0) is 13.3 Å². The van der Waals surface area contributed by atoms with Crippen LogP contribution in [0.3, 0.4) is 0 Å². The summed E-state index contributed by atoms with van der Waals surface area (Å²) in [7, 11) is -5.35. The van der Waals surface area contributed by atoms with E-state index in [1.807, 2.05) is 0 Å². The van der Waals surface area contributed by atoms with E-state index in [1.54, 1.807) is 0 Å². The predicted molar refractivity (Wildman–Crippen MR) is 132 cm³/mol. The number of hydrogen-bond acceptors (Lipinski definition) is 6. The van der Waals surface area contributed by atoms with E-state index < -0.39 is 39.6 Å². The lowest BCUT2D eigenvalue weighted by Gasteiger charge is -2.38. The van der Waals surface area contributed by atoms with Gasteiger partial charge in [-0.15, -0.1) is 0 Å². The highest BCUT2D eigenvalue weighted by molar-refractivity contribution is 7.88. The second-order valence-electron chi connectivity index (χ2n) is 9.26. The third-order valence-electron chi connectivity index (χ3n) is 6.32. The largest absolute Gasteiger partial charge is 0.481 e. The van der Waals surface area contributed by atoms with Gasteiger partial charge in [0, 0.05) is 6.54 Å². The lowest BCUT2D eigenvalue weighted by Crippen LogP contribution is -2.63. The molecule has 0 aromatic rings. The molecule has 0 aliphatic heterocycles. The second-order valence-corrected chi connectivity index (χ2v) is 10.9. The Hall–Kier alpha value is -1.23. The van der Waals surface area contributed by atoms with Crippen molar-refractivity contribution < 1.29 is 37.9 Å². The third kappa shape index (κ3) is 12.5. The Bertz CT molecular complexity index is 668. The van der Waals surface area contributed by atoms with Crippen molar-refractivity contribution in [2.24, 2.45) is 0 Å². The summed E-state index contributed by atoms with van der Waals surface area (Å²) >= 11 is 0. The number of hydrogen-bond donors (Lipinski definition) is 4. The Balaban J connectivity index is 4.22. The molecule has 2 unspecified atom stereocenters. The van der Waals surface area contributed by atoms with Crippen molar-refractivity contribution in [2.75, 3.05) is 6.54 Å². The monoisotopic (exact) mass is 509 g/mol. The molecule has 0 saturated heterocycles. The number of rotatable bonds is 23. The van der Waals surface area contributed by atoms with Crippen LogP contribution in [-0.4, -0.2) is 62.8 Å². The number of aliphatic hydroxyl groups is 1. The summed E-state index contributed by atoms with van der Waals surface area (Å²) in [6.07, 6.45) is 15.3. The summed E-state index contributed by atoms with van der Waals surface area (Å²) in [6, 6.07) is 0. The molecule has 9 nitrogen and oxygen atoms in total. The van der Waals surface area contributed by atoms with Crippen molar-refractivity contribution in [3.05, 3.63) is 0 Å². The molecular weight excluding hydrogens is 462 g/mol. The molecule has 0 rings (SSSR count). The fourth-order valence-corrected chi connectivity index (χ4v) is 5.42. The van der Waals surface area contributed by atoms with Gasteiger partial charge in [-0.2, -0.15) is 8.42 Å². The normalized spacial score (nSPS) is 14.7. The zero-order chi connectivity index (χ0) is 26.0. The molecule has 0 aromatic heterocycles. The number of aliphatic carboxylic acids is 2. The van der Waals surface area contributed by atoms with E-state index in [4.69, 9.17) is 5.11 Å². The van der Waals surface area contributed by atoms with Gasteiger partial charge in [0.2, 0.25) is 0 Å². The van der Waals surface area contributed by atoms with Crippen LogP contribution >= 0.6 is 0 Å². The summed E-state index contributed by atoms with van der Waals surface area (Å²) in [5.74, 6) is -3.74. The fraction of sp³-hybridized carbons (Fsp3) is 0.917. The topological polar surface area (TPSA) is 152 Å². The summed E-state index contributed by atoms with van der Waals surface area (Å²) in [6.45, 7) is 3.21. The molecule has 202 valence electrons. The smallest absolute Gasteiger partial charge is 0.343 e. The van der Waals surface area contributed by atoms with E-state index >= 15 is 0 Å². The van der Waals surface area contributed by atoms with Crippen molar-refractivity contribution in [1.82, 2.24) is 4.90 Å². The number of carboxylic acids is 2. The van der Waals surface area contributed by atoms with Crippen molar-refractivity contribution in [2.45, 2.75) is 134 Å². The van der Waals surface area contributed by atoms with Crippen molar-refractivity contribution in [3.63, 3.8) is 0 Å². The van der Waals surface area contributed by atoms with Crippen LogP contribution in [0.15, 0.2) is 0 Å². The standard InChI is InChI=1S/C24H47NO8S/c1-3-4-5-6-7-8-9-10-11-12-13-14-15-16-17-18-19-25(21(2)26)24(23(29)30,20-22(27)28)34(31,32)33/h21,26H,3-20H2,1-2H3,(H,27,28)(H,29,30)(H,31,32,33). The van der Waals surface area contributed by atoms with E-state index in [2.05, 4.69) is 6.92 Å². The second kappa shape index (κ2) is 18.1. The summed E-state index contributed by atoms with van der Waals surface area (Å²) in [5.41, 5.74) is 0. The highest BCUT2D eigenvalue weighted by atomic mass is 32.2. The molecule has 0 heterocycles. The maximum absolute atomic E-state index is 11.9. The Labute approximate surface area is 205 Å². The molecule has 34 heavy (non-hydrogen) atoms. The zero-order valence-electron chi connectivity index (χ0n) is 21.1. The molecule has 0 radical (unpaired) electrons. The van der Waals surface area contributed by atoms with Crippen LogP contribution in [-0.2, 0) is 19.7 Å². The van der Waals surface area contributed by atoms with Crippen LogP contribution in [0.5, 0.6) is 0 Å². The number of unbranched alkanes of at least 4 members (excludes halogenated alkanes) is 15. The first kappa shape index (κ1) is 32.8. The fourth-order valence-electron chi connectivity index (χ4n) is 4.35. The molecular formula is C24H47NO8S. The molecule has 0 aliphatic carbocycles. The predicted octanol–water partition coefficient (Wildman–Crippen LogP) is 5.03. The van der Waals surface area contributed by atoms with Crippen molar-refractivity contribution >= 4 is 22.1 Å². The quantitative estimate of drug-likeness (QED) is 0.0843. The maximum atomic E-state index is 11.9. The van der Waals surface area contributed by atoms with Gasteiger partial charge in [0.05, 0.1) is 6.42 Å². The first-order valence-corrected chi connectivity index (χ1v) is 14.3. The maximum Gasteiger partial charge on any atom is 0.343 e. The Kier molecular flexibility index (Phi) is 17.4. The van der Waals surface area contributed by atoms with Crippen molar-refractivity contribution in [3.8, 4) is 0 Å². The van der Waals surface area contributed by atoms with Crippen LogP contribution in [0.2, 0.25) is 0 Å². The Morgan fingerprint density at radius 3 is 1.38 bits per heavy atom. The summed E-state index contributed by atoms with van der Waals surface area (Å²) in [5, 5.41) is 28.6. The SMILES string of the molecule is CCCCCCCCCCCCCCCCCCN(C(C)O)C(CC(=O)O)(C(=O)O)S(=O)(=O)O. The molecule has 0 fully saturated rings. The van der Waals surface area contributed by atoms with Gasteiger partial charge in [0.25, 0.3) is 15.0 Å². The average Bonchev–Trinajstić information content (AvgIpc) is 2.73. The molecule has 4 N–H and O–H groups in total. The van der Waals surface area contributed by atoms with Crippen LogP contribution < -0.4 is 0 Å². The number of aliphatic hydroxyl groups excluding tert-OH is 1.